The Balaban J connectivity index is 1.25. The van der Waals surface area contributed by atoms with Crippen LogP contribution in [0.5, 0.6) is 0 Å². The van der Waals surface area contributed by atoms with Gasteiger partial charge in [0.2, 0.25) is 0 Å². The second-order valence-corrected chi connectivity index (χ2v) is 7.10. The minimum absolute atomic E-state index is 0.332. The van der Waals surface area contributed by atoms with Gasteiger partial charge >= 0.3 is 0 Å². The minimum Gasteiger partial charge on any atom is -0.361 e. The lowest BCUT2D eigenvalue weighted by atomic mass is 10.1. The molecular weight excluding hydrogens is 338 g/mol. The molecule has 4 rings (SSSR count). The number of guanidine groups is 1. The first-order valence-electron chi connectivity index (χ1n) is 9.65. The summed E-state index contributed by atoms with van der Waals surface area (Å²) in [6.07, 6.45) is 6.22. The Bertz CT molecular complexity index is 937. The molecule has 3 aromatic rings. The lowest BCUT2D eigenvalue weighted by Gasteiger charge is -2.25. The fourth-order valence-electron chi connectivity index (χ4n) is 3.76. The number of hydrogen-bond donors (Lipinski definition) is 3. The molecule has 27 heavy (non-hydrogen) atoms. The molecule has 3 heterocycles. The number of H-pyrrole nitrogens is 1. The van der Waals surface area contributed by atoms with Crippen LogP contribution in [0.2, 0.25) is 0 Å². The summed E-state index contributed by atoms with van der Waals surface area (Å²) in [6.45, 7) is 3.67. The first-order valence-corrected chi connectivity index (χ1v) is 9.65. The molecule has 0 bridgehead atoms. The third kappa shape index (κ3) is 3.97. The molecule has 1 unspecified atom stereocenters. The van der Waals surface area contributed by atoms with Crippen molar-refractivity contribution >= 4 is 16.9 Å². The van der Waals surface area contributed by atoms with Crippen molar-refractivity contribution in [3.8, 4) is 0 Å². The molecule has 142 valence electrons. The summed E-state index contributed by atoms with van der Waals surface area (Å²) in [6, 6.07) is 8.79. The Morgan fingerprint density at radius 3 is 3.15 bits per heavy atom. The Labute approximate surface area is 159 Å². The number of rotatable bonds is 5. The quantitative estimate of drug-likeness (QED) is 0.368. The maximum Gasteiger partial charge on any atom is 0.191 e. The van der Waals surface area contributed by atoms with Crippen LogP contribution in [0, 0.1) is 6.92 Å². The van der Waals surface area contributed by atoms with Crippen molar-refractivity contribution in [2.45, 2.75) is 45.2 Å². The Morgan fingerprint density at radius 2 is 2.26 bits per heavy atom. The Hall–Kier alpha value is -2.83. The second kappa shape index (κ2) is 7.82. The van der Waals surface area contributed by atoms with E-state index in [1.54, 1.807) is 0 Å². The van der Waals surface area contributed by atoms with Gasteiger partial charge in [-0.1, -0.05) is 18.2 Å². The van der Waals surface area contributed by atoms with Crippen LogP contribution in [0.15, 0.2) is 35.5 Å². The van der Waals surface area contributed by atoms with Crippen molar-refractivity contribution < 1.29 is 0 Å². The third-order valence-electron chi connectivity index (χ3n) is 5.12. The molecule has 1 aliphatic rings. The van der Waals surface area contributed by atoms with Crippen LogP contribution in [-0.4, -0.2) is 45.3 Å². The van der Waals surface area contributed by atoms with Crippen molar-refractivity contribution in [2.24, 2.45) is 4.99 Å². The van der Waals surface area contributed by atoms with E-state index in [0.717, 1.165) is 56.4 Å². The number of benzene rings is 1. The largest absolute Gasteiger partial charge is 0.361 e. The van der Waals surface area contributed by atoms with E-state index in [2.05, 4.69) is 61.2 Å². The number of aliphatic imine (C=N–C) groups is 1. The zero-order chi connectivity index (χ0) is 18.6. The van der Waals surface area contributed by atoms with Crippen molar-refractivity contribution in [3.63, 3.8) is 0 Å². The highest BCUT2D eigenvalue weighted by Gasteiger charge is 2.21. The van der Waals surface area contributed by atoms with E-state index < -0.39 is 0 Å². The highest BCUT2D eigenvalue weighted by atomic mass is 15.4. The summed E-state index contributed by atoms with van der Waals surface area (Å²) >= 11 is 0. The van der Waals surface area contributed by atoms with Gasteiger partial charge in [0.05, 0.1) is 6.54 Å². The fraction of sp³-hybridized carbons (Fsp3) is 0.450. The van der Waals surface area contributed by atoms with Gasteiger partial charge in [-0.05, 0) is 37.8 Å². The summed E-state index contributed by atoms with van der Waals surface area (Å²) in [5.74, 6) is 2.80. The van der Waals surface area contributed by atoms with E-state index in [1.165, 1.54) is 16.5 Å². The zero-order valence-electron chi connectivity index (χ0n) is 16.0. The molecule has 0 spiro atoms. The standard InChI is InChI=1S/C20H27N7/c1-14-24-19-10-9-16(13-27(19)26-14)25-20(21-2)22-11-5-6-15-12-23-18-8-4-3-7-17(15)18/h3-4,7-8,12,16,23H,5-6,9-11,13H2,1-2H3,(H2,21,22,25). The number of nitrogens with zero attached hydrogens (tertiary/aromatic N) is 4. The highest BCUT2D eigenvalue weighted by molar-refractivity contribution is 5.83. The van der Waals surface area contributed by atoms with Crippen molar-refractivity contribution in [2.75, 3.05) is 13.6 Å². The first-order chi connectivity index (χ1) is 13.2. The van der Waals surface area contributed by atoms with Gasteiger partial charge in [-0.15, -0.1) is 0 Å². The van der Waals surface area contributed by atoms with Gasteiger partial charge in [0.1, 0.15) is 11.6 Å². The number of aryl methyl sites for hydroxylation is 3. The van der Waals surface area contributed by atoms with E-state index in [9.17, 15) is 0 Å². The van der Waals surface area contributed by atoms with E-state index in [-0.39, 0.29) is 0 Å². The summed E-state index contributed by atoms with van der Waals surface area (Å²) < 4.78 is 2.01. The van der Waals surface area contributed by atoms with Gasteiger partial charge in [-0.25, -0.2) is 9.67 Å². The zero-order valence-corrected chi connectivity index (χ0v) is 16.0. The molecule has 7 heteroatoms. The van der Waals surface area contributed by atoms with Gasteiger partial charge in [0.15, 0.2) is 5.96 Å². The number of aromatic amines is 1. The molecule has 2 aromatic heterocycles. The Kier molecular flexibility index (Phi) is 5.09. The van der Waals surface area contributed by atoms with E-state index in [0.29, 0.717) is 6.04 Å². The van der Waals surface area contributed by atoms with Gasteiger partial charge in [-0.2, -0.15) is 5.10 Å². The van der Waals surface area contributed by atoms with Crippen molar-refractivity contribution in [1.82, 2.24) is 30.4 Å². The number of fused-ring (bicyclic) bond motifs is 2. The number of nitrogens with one attached hydrogen (secondary N) is 3. The predicted octanol–water partition coefficient (Wildman–Crippen LogP) is 2.18. The smallest absolute Gasteiger partial charge is 0.191 e. The number of hydrogen-bond acceptors (Lipinski definition) is 3. The molecule has 0 fully saturated rings. The maximum absolute atomic E-state index is 4.47. The summed E-state index contributed by atoms with van der Waals surface area (Å²) in [5.41, 5.74) is 2.58. The first kappa shape index (κ1) is 17.6. The van der Waals surface area contributed by atoms with Crippen LogP contribution in [0.4, 0.5) is 0 Å². The molecule has 3 N–H and O–H groups in total. The molecule has 0 saturated heterocycles. The lowest BCUT2D eigenvalue weighted by molar-refractivity contribution is 0.392. The Morgan fingerprint density at radius 1 is 1.37 bits per heavy atom. The molecule has 1 aromatic carbocycles. The van der Waals surface area contributed by atoms with Crippen LogP contribution >= 0.6 is 0 Å². The number of para-hydroxylation sites is 1. The summed E-state index contributed by atoms with van der Waals surface area (Å²) in [4.78, 5) is 12.2. The monoisotopic (exact) mass is 365 g/mol. The molecule has 0 amide bonds. The topological polar surface area (TPSA) is 82.9 Å². The minimum atomic E-state index is 0.332. The van der Waals surface area contributed by atoms with Crippen LogP contribution in [0.25, 0.3) is 10.9 Å². The van der Waals surface area contributed by atoms with Gasteiger partial charge < -0.3 is 15.6 Å². The molecular formula is C20H27N7. The molecule has 7 nitrogen and oxygen atoms in total. The highest BCUT2D eigenvalue weighted by Crippen LogP contribution is 2.18. The molecule has 1 aliphatic heterocycles. The van der Waals surface area contributed by atoms with Crippen LogP contribution in [0.3, 0.4) is 0 Å². The molecule has 1 atom stereocenters. The number of aromatic nitrogens is 4. The predicted molar refractivity (Wildman–Crippen MR) is 108 cm³/mol. The average molecular weight is 365 g/mol. The van der Waals surface area contributed by atoms with Crippen LogP contribution < -0.4 is 10.6 Å². The SMILES string of the molecule is CN=C(NCCCc1c[nH]c2ccccc12)NC1CCc2nc(C)nn2C1. The molecule has 0 saturated carbocycles. The summed E-state index contributed by atoms with van der Waals surface area (Å²) in [5, 5.41) is 12.7. The molecule has 0 aliphatic carbocycles. The van der Waals surface area contributed by atoms with Crippen molar-refractivity contribution in [1.29, 1.82) is 0 Å². The van der Waals surface area contributed by atoms with Crippen LogP contribution in [0.1, 0.15) is 30.1 Å². The van der Waals surface area contributed by atoms with E-state index >= 15 is 0 Å². The van der Waals surface area contributed by atoms with Crippen molar-refractivity contribution in [3.05, 3.63) is 47.7 Å². The van der Waals surface area contributed by atoms with E-state index in [4.69, 9.17) is 0 Å². The van der Waals surface area contributed by atoms with Crippen LogP contribution in [-0.2, 0) is 19.4 Å². The second-order valence-electron chi connectivity index (χ2n) is 7.10. The fourth-order valence-corrected chi connectivity index (χ4v) is 3.76. The van der Waals surface area contributed by atoms with E-state index in [1.807, 2.05) is 18.7 Å². The summed E-state index contributed by atoms with van der Waals surface area (Å²) in [7, 11) is 1.82. The van der Waals surface area contributed by atoms with Gasteiger partial charge in [-0.3, -0.25) is 4.99 Å². The normalized spacial score (nSPS) is 17.1. The maximum atomic E-state index is 4.47. The third-order valence-corrected chi connectivity index (χ3v) is 5.12. The lowest BCUT2D eigenvalue weighted by Crippen LogP contribution is -2.47. The molecule has 0 radical (unpaired) electrons. The average Bonchev–Trinajstić information content (AvgIpc) is 3.26. The van der Waals surface area contributed by atoms with Gasteiger partial charge in [0, 0.05) is 43.2 Å². The van der Waals surface area contributed by atoms with Gasteiger partial charge in [0.25, 0.3) is 0 Å².